The summed E-state index contributed by atoms with van der Waals surface area (Å²) in [5.41, 5.74) is -0.670. The molecule has 3 rings (SSSR count). The van der Waals surface area contributed by atoms with E-state index in [0.717, 1.165) is 0 Å². The van der Waals surface area contributed by atoms with Crippen LogP contribution in [0.15, 0.2) is 48.7 Å². The van der Waals surface area contributed by atoms with E-state index in [0.29, 0.717) is 11.3 Å². The van der Waals surface area contributed by atoms with Gasteiger partial charge in [0.1, 0.15) is 12.0 Å². The number of rotatable bonds is 4. The van der Waals surface area contributed by atoms with Crippen molar-refractivity contribution in [2.45, 2.75) is 11.8 Å². The number of ether oxygens (including phenoxy) is 1. The average molecular weight is 315 g/mol. The maximum atomic E-state index is 12.5. The molecule has 0 aliphatic carbocycles. The third-order valence-corrected chi connectivity index (χ3v) is 3.96. The SMILES string of the molecule is COc1ccc(C2(CN3C=CC=CC3O)NC(=O)NC2=O)cc1. The lowest BCUT2D eigenvalue weighted by Gasteiger charge is -2.35. The van der Waals surface area contributed by atoms with Gasteiger partial charge in [-0.15, -0.1) is 0 Å². The summed E-state index contributed by atoms with van der Waals surface area (Å²) in [5, 5.41) is 15.0. The highest BCUT2D eigenvalue weighted by Crippen LogP contribution is 2.29. The number of carbonyl (C=O) groups is 2. The molecule has 23 heavy (non-hydrogen) atoms. The first kappa shape index (κ1) is 15.1. The Kier molecular flexibility index (Phi) is 3.79. The van der Waals surface area contributed by atoms with Crippen LogP contribution >= 0.6 is 0 Å². The number of aliphatic hydroxyl groups is 1. The second-order valence-electron chi connectivity index (χ2n) is 5.35. The summed E-state index contributed by atoms with van der Waals surface area (Å²) in [6, 6.07) is 6.32. The van der Waals surface area contributed by atoms with E-state index >= 15 is 0 Å². The number of benzene rings is 1. The molecule has 0 bridgehead atoms. The van der Waals surface area contributed by atoms with Crippen molar-refractivity contribution >= 4 is 11.9 Å². The van der Waals surface area contributed by atoms with Gasteiger partial charge in [-0.1, -0.05) is 18.2 Å². The summed E-state index contributed by atoms with van der Waals surface area (Å²) >= 11 is 0. The first-order valence-corrected chi connectivity index (χ1v) is 7.12. The van der Waals surface area contributed by atoms with Gasteiger partial charge in [0.15, 0.2) is 5.54 Å². The third kappa shape index (κ3) is 2.66. The van der Waals surface area contributed by atoms with Crippen molar-refractivity contribution in [3.05, 3.63) is 54.3 Å². The Hall–Kier alpha value is -2.80. The van der Waals surface area contributed by atoms with Crippen molar-refractivity contribution in [2.24, 2.45) is 0 Å². The van der Waals surface area contributed by atoms with Crippen LogP contribution in [0.2, 0.25) is 0 Å². The number of nitrogens with one attached hydrogen (secondary N) is 2. The van der Waals surface area contributed by atoms with Gasteiger partial charge in [0.2, 0.25) is 0 Å². The molecule has 1 saturated heterocycles. The molecule has 2 heterocycles. The maximum absolute atomic E-state index is 12.5. The van der Waals surface area contributed by atoms with Crippen LogP contribution < -0.4 is 15.4 Å². The van der Waals surface area contributed by atoms with Gasteiger partial charge >= 0.3 is 6.03 Å². The standard InChI is InChI=1S/C16H17N3O4/c1-23-12-7-5-11(6-8-12)16(14(21)17-15(22)18-16)10-19-9-3-2-4-13(19)20/h2-9,13,20H,10H2,1H3,(H2,17,18,21,22). The van der Waals surface area contributed by atoms with Crippen molar-refractivity contribution < 1.29 is 19.4 Å². The second-order valence-corrected chi connectivity index (χ2v) is 5.35. The average Bonchev–Trinajstić information content (AvgIpc) is 2.84. The van der Waals surface area contributed by atoms with E-state index in [1.165, 1.54) is 0 Å². The highest BCUT2D eigenvalue weighted by atomic mass is 16.5. The van der Waals surface area contributed by atoms with Crippen molar-refractivity contribution in [2.75, 3.05) is 13.7 Å². The molecule has 0 radical (unpaired) electrons. The predicted octanol–water partition coefficient (Wildman–Crippen LogP) is 0.434. The molecule has 120 valence electrons. The topological polar surface area (TPSA) is 90.9 Å². The zero-order valence-electron chi connectivity index (χ0n) is 12.5. The Morgan fingerprint density at radius 1 is 1.26 bits per heavy atom. The molecule has 2 atom stereocenters. The number of aliphatic hydroxyl groups excluding tert-OH is 1. The van der Waals surface area contributed by atoms with Crippen molar-refractivity contribution in [1.29, 1.82) is 0 Å². The molecular weight excluding hydrogens is 298 g/mol. The monoisotopic (exact) mass is 315 g/mol. The Balaban J connectivity index is 1.97. The fourth-order valence-corrected chi connectivity index (χ4v) is 2.72. The molecule has 1 aromatic carbocycles. The lowest BCUT2D eigenvalue weighted by molar-refractivity contribution is -0.125. The Labute approximate surface area is 133 Å². The van der Waals surface area contributed by atoms with Crippen molar-refractivity contribution in [3.8, 4) is 5.75 Å². The van der Waals surface area contributed by atoms with Crippen LogP contribution in [0, 0.1) is 0 Å². The summed E-state index contributed by atoms with van der Waals surface area (Å²) in [6.45, 7) is 0.0961. The minimum atomic E-state index is -1.28. The van der Waals surface area contributed by atoms with Crippen LogP contribution in [0.25, 0.3) is 0 Å². The smallest absolute Gasteiger partial charge is 0.322 e. The molecule has 1 fully saturated rings. The lowest BCUT2D eigenvalue weighted by atomic mass is 9.89. The molecule has 3 amide bonds. The number of carbonyl (C=O) groups excluding carboxylic acids is 2. The highest BCUT2D eigenvalue weighted by Gasteiger charge is 2.49. The van der Waals surface area contributed by atoms with Crippen LogP contribution in [0.1, 0.15) is 5.56 Å². The lowest BCUT2D eigenvalue weighted by Crippen LogP contribution is -2.53. The first-order chi connectivity index (χ1) is 11.0. The number of amides is 3. The van der Waals surface area contributed by atoms with E-state index in [4.69, 9.17) is 4.74 Å². The van der Waals surface area contributed by atoms with E-state index in [1.54, 1.807) is 60.7 Å². The summed E-state index contributed by atoms with van der Waals surface area (Å²) < 4.78 is 5.12. The highest BCUT2D eigenvalue weighted by molar-refractivity contribution is 6.07. The van der Waals surface area contributed by atoms with Crippen molar-refractivity contribution in [1.82, 2.24) is 15.5 Å². The van der Waals surface area contributed by atoms with E-state index in [-0.39, 0.29) is 6.54 Å². The van der Waals surface area contributed by atoms with Gasteiger partial charge in [-0.3, -0.25) is 10.1 Å². The van der Waals surface area contributed by atoms with Gasteiger partial charge in [0.05, 0.1) is 13.7 Å². The molecule has 1 aromatic rings. The van der Waals surface area contributed by atoms with Gasteiger partial charge < -0.3 is 20.1 Å². The zero-order chi connectivity index (χ0) is 16.4. The van der Waals surface area contributed by atoms with Gasteiger partial charge in [-0.25, -0.2) is 4.79 Å². The summed E-state index contributed by atoms with van der Waals surface area (Å²) in [6.07, 6.45) is 5.88. The Bertz CT molecular complexity index is 683. The van der Waals surface area contributed by atoms with Crippen LogP contribution in [0.4, 0.5) is 4.79 Å². The molecule has 2 aliphatic heterocycles. The number of hydrogen-bond donors (Lipinski definition) is 3. The summed E-state index contributed by atoms with van der Waals surface area (Å²) in [4.78, 5) is 25.8. The number of urea groups is 1. The van der Waals surface area contributed by atoms with E-state index in [9.17, 15) is 14.7 Å². The molecule has 0 saturated carbocycles. The van der Waals surface area contributed by atoms with Gasteiger partial charge in [-0.05, 0) is 29.8 Å². The maximum Gasteiger partial charge on any atom is 0.322 e. The van der Waals surface area contributed by atoms with Gasteiger partial charge in [0, 0.05) is 6.20 Å². The molecule has 3 N–H and O–H groups in total. The first-order valence-electron chi connectivity index (χ1n) is 7.12. The zero-order valence-corrected chi connectivity index (χ0v) is 12.5. The number of imide groups is 1. The number of nitrogens with zero attached hydrogens (tertiary/aromatic N) is 1. The number of allylic oxidation sites excluding steroid dienone is 2. The minimum absolute atomic E-state index is 0.0961. The van der Waals surface area contributed by atoms with Crippen LogP contribution in [0.3, 0.4) is 0 Å². The molecule has 2 aliphatic rings. The van der Waals surface area contributed by atoms with Gasteiger partial charge in [0.25, 0.3) is 5.91 Å². The fraction of sp³-hybridized carbons (Fsp3) is 0.250. The van der Waals surface area contributed by atoms with Crippen LogP contribution in [-0.4, -0.2) is 41.8 Å². The third-order valence-electron chi connectivity index (χ3n) is 3.96. The van der Waals surface area contributed by atoms with Gasteiger partial charge in [-0.2, -0.15) is 0 Å². The Morgan fingerprint density at radius 3 is 2.57 bits per heavy atom. The van der Waals surface area contributed by atoms with Crippen LogP contribution in [-0.2, 0) is 10.3 Å². The van der Waals surface area contributed by atoms with E-state index in [1.807, 2.05) is 0 Å². The summed E-state index contributed by atoms with van der Waals surface area (Å²) in [5.74, 6) is 0.192. The largest absolute Gasteiger partial charge is 0.497 e. The van der Waals surface area contributed by atoms with Crippen LogP contribution in [0.5, 0.6) is 5.75 Å². The quantitative estimate of drug-likeness (QED) is 0.701. The fourth-order valence-electron chi connectivity index (χ4n) is 2.72. The molecule has 7 nitrogen and oxygen atoms in total. The minimum Gasteiger partial charge on any atom is -0.497 e. The molecule has 2 unspecified atom stereocenters. The Morgan fingerprint density at radius 2 is 2.00 bits per heavy atom. The number of hydrogen-bond acceptors (Lipinski definition) is 5. The summed E-state index contributed by atoms with van der Waals surface area (Å²) in [7, 11) is 1.55. The molecule has 0 spiro atoms. The molecule has 0 aromatic heterocycles. The number of methoxy groups -OCH3 is 1. The van der Waals surface area contributed by atoms with E-state index < -0.39 is 23.7 Å². The predicted molar refractivity (Wildman–Crippen MR) is 82.3 cm³/mol. The van der Waals surface area contributed by atoms with Crippen molar-refractivity contribution in [3.63, 3.8) is 0 Å². The van der Waals surface area contributed by atoms with E-state index in [2.05, 4.69) is 10.6 Å². The normalized spacial score (nSPS) is 26.2. The molecule has 7 heteroatoms. The second kappa shape index (κ2) is 5.77. The molecular formula is C16H17N3O4.